The summed E-state index contributed by atoms with van der Waals surface area (Å²) in [6.45, 7) is 10.1. The van der Waals surface area contributed by atoms with E-state index in [4.69, 9.17) is 4.74 Å². The molecule has 7 nitrogen and oxygen atoms in total. The molecule has 0 fully saturated rings. The number of anilines is 1. The first kappa shape index (κ1) is 23.9. The van der Waals surface area contributed by atoms with E-state index in [1.54, 1.807) is 36.1 Å². The first-order chi connectivity index (χ1) is 12.9. The zero-order valence-corrected chi connectivity index (χ0v) is 18.5. The Morgan fingerprint density at radius 2 is 1.57 bits per heavy atom. The molecule has 1 amide bonds. The van der Waals surface area contributed by atoms with E-state index in [-0.39, 0.29) is 5.91 Å². The lowest BCUT2D eigenvalue weighted by molar-refractivity contribution is -0.151. The van der Waals surface area contributed by atoms with Crippen molar-refractivity contribution in [3.63, 3.8) is 0 Å². The average molecular weight is 413 g/mol. The number of aryl methyl sites for hydroxylation is 1. The first-order valence-electron chi connectivity index (χ1n) is 9.38. The summed E-state index contributed by atoms with van der Waals surface area (Å²) in [6, 6.07) is 6.87. The number of hydrogen-bond acceptors (Lipinski definition) is 5. The maximum Gasteiger partial charge on any atom is 0.327 e. The van der Waals surface area contributed by atoms with Gasteiger partial charge in [-0.1, -0.05) is 45.9 Å². The van der Waals surface area contributed by atoms with Crippen LogP contribution in [0.2, 0.25) is 0 Å². The summed E-state index contributed by atoms with van der Waals surface area (Å²) in [4.78, 5) is 26.4. The van der Waals surface area contributed by atoms with Crippen LogP contribution in [0.1, 0.15) is 33.3 Å². The van der Waals surface area contributed by atoms with Crippen LogP contribution in [0.5, 0.6) is 0 Å². The van der Waals surface area contributed by atoms with Crippen molar-refractivity contribution in [2.24, 2.45) is 11.8 Å². The first-order valence-corrected chi connectivity index (χ1v) is 11.2. The second-order valence-corrected chi connectivity index (χ2v) is 9.71. The third-order valence-corrected chi connectivity index (χ3v) is 5.06. The van der Waals surface area contributed by atoms with E-state index < -0.39 is 29.1 Å². The molecule has 8 heteroatoms. The van der Waals surface area contributed by atoms with Crippen LogP contribution in [0.15, 0.2) is 24.3 Å². The molecule has 0 atom stereocenters. The van der Waals surface area contributed by atoms with E-state index in [1.807, 2.05) is 27.7 Å². The van der Waals surface area contributed by atoms with Crippen LogP contribution in [0.25, 0.3) is 0 Å². The fourth-order valence-electron chi connectivity index (χ4n) is 2.78. The molecular formula is C20H32N2O5S. The summed E-state index contributed by atoms with van der Waals surface area (Å²) in [5.41, 5.74) is 1.13. The minimum atomic E-state index is -3.69. The Balaban J connectivity index is 2.80. The van der Waals surface area contributed by atoms with Crippen LogP contribution in [-0.4, -0.2) is 57.7 Å². The Bertz CT molecular complexity index is 765. The number of benzene rings is 1. The van der Waals surface area contributed by atoms with Crippen molar-refractivity contribution < 1.29 is 22.7 Å². The quantitative estimate of drug-likeness (QED) is 0.551. The van der Waals surface area contributed by atoms with Gasteiger partial charge in [0, 0.05) is 13.1 Å². The molecule has 1 aromatic rings. The molecule has 1 rings (SSSR count). The largest absolute Gasteiger partial charge is 0.454 e. The van der Waals surface area contributed by atoms with Crippen molar-refractivity contribution in [2.45, 2.75) is 34.6 Å². The lowest BCUT2D eigenvalue weighted by Gasteiger charge is -2.26. The van der Waals surface area contributed by atoms with Gasteiger partial charge in [-0.05, 0) is 30.4 Å². The van der Waals surface area contributed by atoms with Gasteiger partial charge in [-0.15, -0.1) is 0 Å². The normalized spacial score (nSPS) is 11.6. The van der Waals surface area contributed by atoms with Gasteiger partial charge in [0.2, 0.25) is 10.0 Å². The van der Waals surface area contributed by atoms with E-state index in [1.165, 1.54) is 0 Å². The van der Waals surface area contributed by atoms with Gasteiger partial charge < -0.3 is 9.64 Å². The molecule has 0 aliphatic carbocycles. The van der Waals surface area contributed by atoms with Crippen molar-refractivity contribution >= 4 is 27.6 Å². The molecule has 0 saturated carbocycles. The summed E-state index contributed by atoms with van der Waals surface area (Å²) in [5, 5.41) is 0. The Morgan fingerprint density at radius 3 is 2.04 bits per heavy atom. The molecule has 158 valence electrons. The number of ether oxygens (including phenoxy) is 1. The average Bonchev–Trinajstić information content (AvgIpc) is 2.56. The van der Waals surface area contributed by atoms with Crippen molar-refractivity contribution in [1.29, 1.82) is 0 Å². The maximum atomic E-state index is 12.4. The lowest BCUT2D eigenvalue weighted by atomic mass is 10.1. The molecule has 0 N–H and O–H groups in total. The van der Waals surface area contributed by atoms with E-state index in [2.05, 4.69) is 0 Å². The number of sulfonamides is 1. The highest BCUT2D eigenvalue weighted by Gasteiger charge is 2.24. The van der Waals surface area contributed by atoms with Gasteiger partial charge in [-0.3, -0.25) is 13.9 Å². The van der Waals surface area contributed by atoms with Crippen LogP contribution in [0, 0.1) is 18.8 Å². The second-order valence-electron chi connectivity index (χ2n) is 7.80. The number of rotatable bonds is 10. The highest BCUT2D eigenvalue weighted by molar-refractivity contribution is 7.92. The second kappa shape index (κ2) is 10.5. The zero-order chi connectivity index (χ0) is 21.5. The predicted molar refractivity (Wildman–Crippen MR) is 111 cm³/mol. The number of amides is 1. The van der Waals surface area contributed by atoms with E-state index >= 15 is 0 Å². The topological polar surface area (TPSA) is 84.0 Å². The Labute approximate surface area is 168 Å². The van der Waals surface area contributed by atoms with Crippen molar-refractivity contribution in [1.82, 2.24) is 4.90 Å². The van der Waals surface area contributed by atoms with Crippen LogP contribution >= 0.6 is 0 Å². The van der Waals surface area contributed by atoms with Crippen LogP contribution < -0.4 is 4.31 Å². The van der Waals surface area contributed by atoms with Gasteiger partial charge in [-0.2, -0.15) is 0 Å². The highest BCUT2D eigenvalue weighted by atomic mass is 32.2. The summed E-state index contributed by atoms with van der Waals surface area (Å²) < 4.78 is 30.4. The Kier molecular flexibility index (Phi) is 8.94. The fraction of sp³-hybridized carbons (Fsp3) is 0.600. The van der Waals surface area contributed by atoms with E-state index in [0.29, 0.717) is 30.6 Å². The maximum absolute atomic E-state index is 12.4. The number of para-hydroxylation sites is 1. The van der Waals surface area contributed by atoms with Gasteiger partial charge >= 0.3 is 5.97 Å². The van der Waals surface area contributed by atoms with Gasteiger partial charge in [0.05, 0.1) is 11.9 Å². The van der Waals surface area contributed by atoms with Crippen molar-refractivity contribution in [3.8, 4) is 0 Å². The SMILES string of the molecule is Cc1ccccc1N(CC(=O)OCC(=O)N(CC(C)C)CC(C)C)S(C)(=O)=O. The van der Waals surface area contributed by atoms with Gasteiger partial charge in [0.1, 0.15) is 6.54 Å². The molecule has 1 aromatic carbocycles. The summed E-state index contributed by atoms with van der Waals surface area (Å²) in [5.74, 6) is -0.464. The number of nitrogens with zero attached hydrogens (tertiary/aromatic N) is 2. The molecular weight excluding hydrogens is 380 g/mol. The zero-order valence-electron chi connectivity index (χ0n) is 17.6. The predicted octanol–water partition coefficient (Wildman–Crippen LogP) is 2.44. The number of carbonyl (C=O) groups excluding carboxylic acids is 2. The molecule has 0 aliphatic rings. The van der Waals surface area contributed by atoms with Gasteiger partial charge in [-0.25, -0.2) is 8.42 Å². The number of carbonyl (C=O) groups is 2. The molecule has 28 heavy (non-hydrogen) atoms. The van der Waals surface area contributed by atoms with Crippen molar-refractivity contribution in [3.05, 3.63) is 29.8 Å². The highest BCUT2D eigenvalue weighted by Crippen LogP contribution is 2.21. The van der Waals surface area contributed by atoms with Gasteiger partial charge in [0.15, 0.2) is 6.61 Å². The van der Waals surface area contributed by atoms with Crippen LogP contribution in [-0.2, 0) is 24.3 Å². The monoisotopic (exact) mass is 412 g/mol. The minimum absolute atomic E-state index is 0.280. The minimum Gasteiger partial charge on any atom is -0.454 e. The fourth-order valence-corrected chi connectivity index (χ4v) is 3.68. The Hall–Kier alpha value is -2.09. The van der Waals surface area contributed by atoms with Crippen molar-refractivity contribution in [2.75, 3.05) is 36.8 Å². The van der Waals surface area contributed by atoms with Gasteiger partial charge in [0.25, 0.3) is 5.91 Å². The van der Waals surface area contributed by atoms with Crippen LogP contribution in [0.3, 0.4) is 0 Å². The van der Waals surface area contributed by atoms with E-state index in [0.717, 1.165) is 16.1 Å². The summed E-state index contributed by atoms with van der Waals surface area (Å²) in [6.07, 6.45) is 1.03. The summed E-state index contributed by atoms with van der Waals surface area (Å²) >= 11 is 0. The molecule has 0 spiro atoms. The molecule has 0 aliphatic heterocycles. The molecule has 0 unspecified atom stereocenters. The summed E-state index contributed by atoms with van der Waals surface area (Å²) in [7, 11) is -3.69. The third-order valence-electron chi connectivity index (χ3n) is 3.94. The Morgan fingerprint density at radius 1 is 1.04 bits per heavy atom. The molecule has 0 radical (unpaired) electrons. The standard InChI is InChI=1S/C20H32N2O5S/c1-15(2)11-21(12-16(3)4)19(23)14-27-20(24)13-22(28(6,25)26)18-10-8-7-9-17(18)5/h7-10,15-16H,11-14H2,1-6H3. The third kappa shape index (κ3) is 7.88. The molecule has 0 heterocycles. The van der Waals surface area contributed by atoms with E-state index in [9.17, 15) is 18.0 Å². The molecule has 0 saturated heterocycles. The van der Waals surface area contributed by atoms with Crippen LogP contribution in [0.4, 0.5) is 5.69 Å². The number of hydrogen-bond donors (Lipinski definition) is 0. The molecule has 0 bridgehead atoms. The number of esters is 1. The lowest BCUT2D eigenvalue weighted by Crippen LogP contribution is -2.41. The smallest absolute Gasteiger partial charge is 0.327 e. The molecule has 0 aromatic heterocycles.